The van der Waals surface area contributed by atoms with Gasteiger partial charge in [0.1, 0.15) is 17.1 Å². The Kier molecular flexibility index (Phi) is 7.89. The van der Waals surface area contributed by atoms with Gasteiger partial charge in [-0.05, 0) is 67.9 Å². The maximum atomic E-state index is 15.2. The number of Topliss-reactive ketones (excluding diaryl/α,β-unsaturated/α-hetero) is 1. The summed E-state index contributed by atoms with van der Waals surface area (Å²) in [5.41, 5.74) is 0.0765. The van der Waals surface area contributed by atoms with E-state index in [0.717, 1.165) is 22.8 Å². The largest absolute Gasteiger partial charge is 0.493 e. The first-order valence-corrected chi connectivity index (χ1v) is 12.9. The second kappa shape index (κ2) is 11.7. The fourth-order valence-electron chi connectivity index (χ4n) is 4.63. The van der Waals surface area contributed by atoms with Crippen molar-refractivity contribution < 1.29 is 32.6 Å². The highest BCUT2D eigenvalue weighted by Gasteiger charge is 2.22. The summed E-state index contributed by atoms with van der Waals surface area (Å²) < 4.78 is 46.3. The normalized spacial score (nSPS) is 10.8. The van der Waals surface area contributed by atoms with Gasteiger partial charge in [-0.25, -0.2) is 8.78 Å². The van der Waals surface area contributed by atoms with Gasteiger partial charge < -0.3 is 19.5 Å². The molecule has 0 unspecified atom stereocenters. The molecule has 43 heavy (non-hydrogen) atoms. The van der Waals surface area contributed by atoms with E-state index in [1.807, 2.05) is 0 Å². The van der Waals surface area contributed by atoms with Crippen LogP contribution in [0.1, 0.15) is 33.2 Å². The summed E-state index contributed by atoms with van der Waals surface area (Å²) in [6, 6.07) is 13.7. The maximum absolute atomic E-state index is 15.2. The molecule has 1 N–H and O–H groups in total. The van der Waals surface area contributed by atoms with Crippen LogP contribution in [-0.2, 0) is 0 Å². The summed E-state index contributed by atoms with van der Waals surface area (Å²) in [7, 11) is 2.99. The number of amides is 1. The Morgan fingerprint density at radius 1 is 0.884 bits per heavy atom. The summed E-state index contributed by atoms with van der Waals surface area (Å²) in [4.78, 5) is 43.4. The Balaban J connectivity index is 1.46. The number of methoxy groups -OCH3 is 2. The molecule has 0 radical (unpaired) electrons. The van der Waals surface area contributed by atoms with Gasteiger partial charge in [0, 0.05) is 46.9 Å². The standard InChI is InChI=1S/C32H25F2N3O6/c1-17-23(18(2)38)16-37(21-8-5-19(33)6-9-21)32(40)30(17)31(39)36-20-7-10-27(24(34)13-20)43-26-11-12-35-25-15-29(42-4)28(41-3)14-22(25)26/h5-16H,1-4H3,(H,36,39). The van der Waals surface area contributed by atoms with Crippen molar-refractivity contribution in [3.63, 3.8) is 0 Å². The van der Waals surface area contributed by atoms with E-state index >= 15 is 4.39 Å². The first kappa shape index (κ1) is 28.9. The predicted octanol–water partition coefficient (Wildman–Crippen LogP) is 6.24. The molecule has 3 aromatic carbocycles. The van der Waals surface area contributed by atoms with Gasteiger partial charge in [-0.3, -0.25) is 23.9 Å². The van der Waals surface area contributed by atoms with Crippen LogP contribution in [-0.4, -0.2) is 35.5 Å². The van der Waals surface area contributed by atoms with Crippen LogP contribution in [0.15, 0.2) is 77.9 Å². The lowest BCUT2D eigenvalue weighted by atomic mass is 10.0. The fraction of sp³-hybridized carbons (Fsp3) is 0.125. The summed E-state index contributed by atoms with van der Waals surface area (Å²) in [5.74, 6) is -1.45. The van der Waals surface area contributed by atoms with Crippen molar-refractivity contribution in [3.8, 4) is 28.7 Å². The smallest absolute Gasteiger partial charge is 0.268 e. The van der Waals surface area contributed by atoms with E-state index in [2.05, 4.69) is 10.3 Å². The third-order valence-electron chi connectivity index (χ3n) is 6.80. The molecule has 2 heterocycles. The van der Waals surface area contributed by atoms with Crippen LogP contribution in [0.2, 0.25) is 0 Å². The van der Waals surface area contributed by atoms with Crippen molar-refractivity contribution in [2.45, 2.75) is 13.8 Å². The lowest BCUT2D eigenvalue weighted by Gasteiger charge is -2.15. The molecule has 0 aliphatic carbocycles. The number of halogens is 2. The van der Waals surface area contributed by atoms with Crippen LogP contribution < -0.4 is 25.1 Å². The highest BCUT2D eigenvalue weighted by molar-refractivity contribution is 6.07. The number of nitrogens with zero attached hydrogens (tertiary/aromatic N) is 2. The summed E-state index contributed by atoms with van der Waals surface area (Å²) in [6.07, 6.45) is 2.82. The van der Waals surface area contributed by atoms with Gasteiger partial charge >= 0.3 is 0 Å². The third-order valence-corrected chi connectivity index (χ3v) is 6.80. The highest BCUT2D eigenvalue weighted by atomic mass is 19.1. The Hall–Kier alpha value is -5.58. The quantitative estimate of drug-likeness (QED) is 0.215. The molecule has 0 atom stereocenters. The number of anilines is 1. The molecule has 5 aromatic rings. The number of carbonyl (C=O) groups is 2. The number of hydrogen-bond donors (Lipinski definition) is 1. The molecule has 0 bridgehead atoms. The van der Waals surface area contributed by atoms with Gasteiger partial charge in [-0.2, -0.15) is 0 Å². The molecule has 0 aliphatic rings. The number of carbonyl (C=O) groups excluding carboxylic acids is 2. The minimum absolute atomic E-state index is 0.0428. The van der Waals surface area contributed by atoms with E-state index < -0.39 is 23.1 Å². The lowest BCUT2D eigenvalue weighted by Crippen LogP contribution is -2.31. The van der Waals surface area contributed by atoms with Crippen molar-refractivity contribution in [2.24, 2.45) is 0 Å². The van der Waals surface area contributed by atoms with Gasteiger partial charge in [0.25, 0.3) is 11.5 Å². The van der Waals surface area contributed by atoms with E-state index in [0.29, 0.717) is 28.2 Å². The van der Waals surface area contributed by atoms with E-state index in [1.54, 1.807) is 18.2 Å². The second-order valence-corrected chi connectivity index (χ2v) is 9.49. The molecule has 0 aliphatic heterocycles. The topological polar surface area (TPSA) is 109 Å². The summed E-state index contributed by atoms with van der Waals surface area (Å²) in [6.45, 7) is 2.78. The number of benzene rings is 3. The average molecular weight is 586 g/mol. The number of ketones is 1. The van der Waals surface area contributed by atoms with Gasteiger partial charge in [0.15, 0.2) is 28.8 Å². The molecule has 218 valence electrons. The van der Waals surface area contributed by atoms with Gasteiger partial charge in [-0.1, -0.05) is 0 Å². The number of pyridine rings is 2. The SMILES string of the molecule is COc1cc2nccc(Oc3ccc(NC(=O)c4c(C)c(C(C)=O)cn(-c5ccc(F)cc5)c4=O)cc3F)c2cc1OC. The first-order valence-electron chi connectivity index (χ1n) is 12.9. The van der Waals surface area contributed by atoms with Gasteiger partial charge in [0.05, 0.1) is 19.7 Å². The molecule has 5 rings (SSSR count). The molecule has 2 aromatic heterocycles. The number of hydrogen-bond acceptors (Lipinski definition) is 7. The first-order chi connectivity index (χ1) is 20.6. The van der Waals surface area contributed by atoms with Crippen molar-refractivity contribution in [1.82, 2.24) is 9.55 Å². The zero-order chi connectivity index (χ0) is 30.8. The number of fused-ring (bicyclic) bond motifs is 1. The fourth-order valence-corrected chi connectivity index (χ4v) is 4.63. The number of nitrogens with one attached hydrogen (secondary N) is 1. The second-order valence-electron chi connectivity index (χ2n) is 9.49. The number of rotatable bonds is 8. The molecule has 0 spiro atoms. The Bertz CT molecular complexity index is 1950. The molecule has 11 heteroatoms. The van der Waals surface area contributed by atoms with Crippen LogP contribution in [0, 0.1) is 18.6 Å². The molecular weight excluding hydrogens is 560 g/mol. The molecule has 0 saturated carbocycles. The van der Waals surface area contributed by atoms with E-state index in [1.165, 1.54) is 64.7 Å². The Labute approximate surface area is 244 Å². The minimum Gasteiger partial charge on any atom is -0.493 e. The van der Waals surface area contributed by atoms with Crippen LogP contribution in [0.3, 0.4) is 0 Å². The predicted molar refractivity (Wildman–Crippen MR) is 156 cm³/mol. The van der Waals surface area contributed by atoms with Crippen molar-refractivity contribution >= 4 is 28.3 Å². The molecule has 0 fully saturated rings. The molecule has 0 saturated heterocycles. The highest BCUT2D eigenvalue weighted by Crippen LogP contribution is 2.37. The van der Waals surface area contributed by atoms with Gasteiger partial charge in [-0.15, -0.1) is 0 Å². The summed E-state index contributed by atoms with van der Waals surface area (Å²) >= 11 is 0. The van der Waals surface area contributed by atoms with Crippen LogP contribution in [0.4, 0.5) is 14.5 Å². The van der Waals surface area contributed by atoms with Crippen LogP contribution in [0.25, 0.3) is 16.6 Å². The molecule has 9 nitrogen and oxygen atoms in total. The number of ether oxygens (including phenoxy) is 3. The minimum atomic E-state index is -0.851. The van der Waals surface area contributed by atoms with E-state index in [4.69, 9.17) is 14.2 Å². The van der Waals surface area contributed by atoms with E-state index in [-0.39, 0.29) is 39.6 Å². The zero-order valence-corrected chi connectivity index (χ0v) is 23.5. The Morgan fingerprint density at radius 3 is 2.23 bits per heavy atom. The van der Waals surface area contributed by atoms with Crippen molar-refractivity contribution in [1.29, 1.82) is 0 Å². The van der Waals surface area contributed by atoms with Crippen molar-refractivity contribution in [3.05, 3.63) is 112 Å². The van der Waals surface area contributed by atoms with Gasteiger partial charge in [0.2, 0.25) is 0 Å². The number of aromatic nitrogens is 2. The monoisotopic (exact) mass is 585 g/mol. The third kappa shape index (κ3) is 5.65. The maximum Gasteiger partial charge on any atom is 0.268 e. The molecule has 1 amide bonds. The molecular formula is C32H25F2N3O6. The van der Waals surface area contributed by atoms with Crippen molar-refractivity contribution in [2.75, 3.05) is 19.5 Å². The average Bonchev–Trinajstić information content (AvgIpc) is 2.98. The van der Waals surface area contributed by atoms with Crippen LogP contribution >= 0.6 is 0 Å². The lowest BCUT2D eigenvalue weighted by molar-refractivity contribution is 0.101. The van der Waals surface area contributed by atoms with E-state index in [9.17, 15) is 18.8 Å². The summed E-state index contributed by atoms with van der Waals surface area (Å²) in [5, 5.41) is 3.07. The Morgan fingerprint density at radius 2 is 1.58 bits per heavy atom. The zero-order valence-electron chi connectivity index (χ0n) is 23.5. The van der Waals surface area contributed by atoms with Crippen LogP contribution in [0.5, 0.6) is 23.0 Å².